The van der Waals surface area contributed by atoms with Crippen molar-refractivity contribution in [1.82, 2.24) is 5.32 Å². The highest BCUT2D eigenvalue weighted by atomic mass is 79.9. The molecule has 0 atom stereocenters. The molecule has 4 heteroatoms. The molecular weight excluding hydrogens is 270 g/mol. The summed E-state index contributed by atoms with van der Waals surface area (Å²) in [5, 5.41) is 4.02. The number of carbonyl (C=O) groups excluding carboxylic acids is 1. The number of alkyl carbamates (subject to hydrolysis) is 1. The Labute approximate surface area is 106 Å². The first-order valence-corrected chi connectivity index (χ1v) is 7.08. The molecule has 1 saturated carbocycles. The lowest BCUT2D eigenvalue weighted by Crippen LogP contribution is -2.41. The molecule has 94 valence electrons. The van der Waals surface area contributed by atoms with Crippen molar-refractivity contribution in [3.8, 4) is 0 Å². The van der Waals surface area contributed by atoms with Gasteiger partial charge in [0.2, 0.25) is 0 Å². The van der Waals surface area contributed by atoms with Crippen molar-refractivity contribution >= 4 is 22.0 Å². The van der Waals surface area contributed by atoms with Crippen LogP contribution >= 0.6 is 15.9 Å². The van der Waals surface area contributed by atoms with E-state index in [1.54, 1.807) is 0 Å². The number of halogens is 1. The second kappa shape index (κ2) is 5.89. The highest BCUT2D eigenvalue weighted by molar-refractivity contribution is 9.09. The van der Waals surface area contributed by atoms with Crippen LogP contribution in [0.25, 0.3) is 0 Å². The van der Waals surface area contributed by atoms with E-state index in [0.717, 1.165) is 24.1 Å². The zero-order valence-electron chi connectivity index (χ0n) is 10.4. The molecule has 1 amide bonds. The van der Waals surface area contributed by atoms with Gasteiger partial charge in [-0.25, -0.2) is 4.79 Å². The van der Waals surface area contributed by atoms with Crippen LogP contribution in [-0.4, -0.2) is 23.1 Å². The van der Waals surface area contributed by atoms with Crippen LogP contribution in [0.1, 0.15) is 46.5 Å². The van der Waals surface area contributed by atoms with Gasteiger partial charge < -0.3 is 10.1 Å². The van der Waals surface area contributed by atoms with E-state index in [2.05, 4.69) is 21.2 Å². The molecule has 0 aromatic carbocycles. The van der Waals surface area contributed by atoms with E-state index in [9.17, 15) is 4.79 Å². The zero-order valence-corrected chi connectivity index (χ0v) is 12.0. The summed E-state index contributed by atoms with van der Waals surface area (Å²) in [4.78, 5) is 11.5. The van der Waals surface area contributed by atoms with Crippen LogP contribution in [0.15, 0.2) is 0 Å². The largest absolute Gasteiger partial charge is 0.444 e. The first-order valence-electron chi connectivity index (χ1n) is 5.96. The van der Waals surface area contributed by atoms with Crippen molar-refractivity contribution < 1.29 is 9.53 Å². The highest BCUT2D eigenvalue weighted by Crippen LogP contribution is 2.25. The fraction of sp³-hybridized carbons (Fsp3) is 0.917. The predicted octanol–water partition coefficient (Wildman–Crippen LogP) is 3.46. The molecule has 1 fully saturated rings. The summed E-state index contributed by atoms with van der Waals surface area (Å²) in [5.74, 6) is 0.775. The Morgan fingerprint density at radius 3 is 2.31 bits per heavy atom. The number of alkyl halides is 1. The average molecular weight is 292 g/mol. The fourth-order valence-corrected chi connectivity index (χ4v) is 2.58. The fourth-order valence-electron chi connectivity index (χ4n) is 1.94. The Morgan fingerprint density at radius 2 is 1.88 bits per heavy atom. The molecule has 1 rings (SSSR count). The second-order valence-corrected chi connectivity index (χ2v) is 6.17. The van der Waals surface area contributed by atoms with Gasteiger partial charge in [-0.2, -0.15) is 0 Å². The minimum atomic E-state index is -0.406. The van der Waals surface area contributed by atoms with Gasteiger partial charge in [-0.15, -0.1) is 0 Å². The van der Waals surface area contributed by atoms with Crippen molar-refractivity contribution in [1.29, 1.82) is 0 Å². The summed E-state index contributed by atoms with van der Waals surface area (Å²) in [6.07, 6.45) is 4.22. The molecule has 3 nitrogen and oxygen atoms in total. The van der Waals surface area contributed by atoms with E-state index in [4.69, 9.17) is 4.74 Å². The predicted molar refractivity (Wildman–Crippen MR) is 68.9 cm³/mol. The van der Waals surface area contributed by atoms with Crippen LogP contribution in [0.4, 0.5) is 4.79 Å². The van der Waals surface area contributed by atoms with Gasteiger partial charge >= 0.3 is 6.09 Å². The van der Waals surface area contributed by atoms with E-state index in [-0.39, 0.29) is 6.09 Å². The molecule has 0 aromatic rings. The van der Waals surface area contributed by atoms with E-state index in [0.29, 0.717) is 6.04 Å². The molecule has 0 saturated heterocycles. The molecule has 1 N–H and O–H groups in total. The van der Waals surface area contributed by atoms with Crippen molar-refractivity contribution in [3.05, 3.63) is 0 Å². The molecule has 16 heavy (non-hydrogen) atoms. The number of hydrogen-bond acceptors (Lipinski definition) is 2. The van der Waals surface area contributed by atoms with Crippen LogP contribution in [0.5, 0.6) is 0 Å². The first kappa shape index (κ1) is 13.8. The Bertz CT molecular complexity index is 230. The Morgan fingerprint density at radius 1 is 1.31 bits per heavy atom. The monoisotopic (exact) mass is 291 g/mol. The Balaban J connectivity index is 2.26. The SMILES string of the molecule is CC(C)(C)OC(=O)N[C@H]1CC[C@H](CBr)CC1. The minimum Gasteiger partial charge on any atom is -0.444 e. The molecule has 0 aromatic heterocycles. The molecule has 0 heterocycles. The number of ether oxygens (including phenoxy) is 1. The number of hydrogen-bond donors (Lipinski definition) is 1. The number of rotatable bonds is 2. The first-order chi connectivity index (χ1) is 7.40. The van der Waals surface area contributed by atoms with Gasteiger partial charge in [0.1, 0.15) is 5.60 Å². The molecule has 1 aliphatic carbocycles. The van der Waals surface area contributed by atoms with Crippen molar-refractivity contribution in [2.75, 3.05) is 5.33 Å². The topological polar surface area (TPSA) is 38.3 Å². The lowest BCUT2D eigenvalue weighted by atomic mass is 9.87. The minimum absolute atomic E-state index is 0.283. The lowest BCUT2D eigenvalue weighted by Gasteiger charge is -2.29. The van der Waals surface area contributed by atoms with Gasteiger partial charge in [-0.3, -0.25) is 0 Å². The number of amides is 1. The third-order valence-corrected chi connectivity index (χ3v) is 3.70. The highest BCUT2D eigenvalue weighted by Gasteiger charge is 2.23. The van der Waals surface area contributed by atoms with Gasteiger partial charge in [0.05, 0.1) is 0 Å². The zero-order chi connectivity index (χ0) is 12.2. The molecule has 0 spiro atoms. The van der Waals surface area contributed by atoms with Crippen LogP contribution in [-0.2, 0) is 4.74 Å². The molecule has 0 bridgehead atoms. The standard InChI is InChI=1S/C12H22BrNO2/c1-12(2,3)16-11(15)14-10-6-4-9(8-13)5-7-10/h9-10H,4-8H2,1-3H3,(H,14,15)/t9-,10-. The maximum absolute atomic E-state index is 11.5. The molecule has 1 aliphatic rings. The summed E-state index contributed by atoms with van der Waals surface area (Å²) in [6, 6.07) is 0.296. The summed E-state index contributed by atoms with van der Waals surface area (Å²) in [5.41, 5.74) is -0.406. The molecule has 0 radical (unpaired) electrons. The van der Waals surface area contributed by atoms with Crippen LogP contribution in [0.3, 0.4) is 0 Å². The summed E-state index contributed by atoms with van der Waals surface area (Å²) in [6.45, 7) is 5.65. The van der Waals surface area contributed by atoms with Gasteiger partial charge in [0, 0.05) is 11.4 Å². The lowest BCUT2D eigenvalue weighted by molar-refractivity contribution is 0.0489. The van der Waals surface area contributed by atoms with Gasteiger partial charge in [0.15, 0.2) is 0 Å². The summed E-state index contributed by atoms with van der Waals surface area (Å²) < 4.78 is 5.23. The molecular formula is C12H22BrNO2. The van der Waals surface area contributed by atoms with Crippen LogP contribution in [0.2, 0.25) is 0 Å². The Kier molecular flexibility index (Phi) is 5.09. The average Bonchev–Trinajstić information content (AvgIpc) is 2.16. The third kappa shape index (κ3) is 5.19. The van der Waals surface area contributed by atoms with Crippen molar-refractivity contribution in [2.45, 2.75) is 58.1 Å². The van der Waals surface area contributed by atoms with Crippen molar-refractivity contribution in [3.63, 3.8) is 0 Å². The molecule has 0 aliphatic heterocycles. The summed E-state index contributed by atoms with van der Waals surface area (Å²) >= 11 is 3.51. The number of carbonyl (C=O) groups is 1. The van der Waals surface area contributed by atoms with Gasteiger partial charge in [-0.05, 0) is 52.4 Å². The van der Waals surface area contributed by atoms with Crippen molar-refractivity contribution in [2.24, 2.45) is 5.92 Å². The maximum atomic E-state index is 11.5. The third-order valence-electron chi connectivity index (χ3n) is 2.79. The van der Waals surface area contributed by atoms with E-state index in [1.165, 1.54) is 12.8 Å². The maximum Gasteiger partial charge on any atom is 0.407 e. The quantitative estimate of drug-likeness (QED) is 0.791. The van der Waals surface area contributed by atoms with E-state index in [1.807, 2.05) is 20.8 Å². The van der Waals surface area contributed by atoms with E-state index >= 15 is 0 Å². The van der Waals surface area contributed by atoms with Gasteiger partial charge in [-0.1, -0.05) is 15.9 Å². The Hall–Kier alpha value is -0.250. The van der Waals surface area contributed by atoms with E-state index < -0.39 is 5.60 Å². The molecule has 0 unspecified atom stereocenters. The normalized spacial score (nSPS) is 26.2. The summed E-state index contributed by atoms with van der Waals surface area (Å²) in [7, 11) is 0. The van der Waals surface area contributed by atoms with Gasteiger partial charge in [0.25, 0.3) is 0 Å². The number of nitrogens with one attached hydrogen (secondary N) is 1. The second-order valence-electron chi connectivity index (χ2n) is 5.52. The smallest absolute Gasteiger partial charge is 0.407 e. The van der Waals surface area contributed by atoms with Crippen LogP contribution < -0.4 is 5.32 Å². The van der Waals surface area contributed by atoms with Crippen LogP contribution in [0, 0.1) is 5.92 Å².